The first-order valence-corrected chi connectivity index (χ1v) is 9.45. The maximum Gasteiger partial charge on any atom is 0.240 e. The number of hydrogen-bond donors (Lipinski definition) is 2. The topological polar surface area (TPSA) is 26.0 Å². The minimum Gasteiger partial charge on any atom is -0.297 e. The van der Waals surface area contributed by atoms with Crippen molar-refractivity contribution in [2.24, 2.45) is 5.41 Å². The molecule has 2 unspecified atom stereocenters. The molecule has 0 saturated carbocycles. The van der Waals surface area contributed by atoms with Gasteiger partial charge in [-0.25, -0.2) is 0 Å². The van der Waals surface area contributed by atoms with Crippen LogP contribution in [0.25, 0.3) is 0 Å². The van der Waals surface area contributed by atoms with Crippen molar-refractivity contribution in [3.05, 3.63) is 70.7 Å². The van der Waals surface area contributed by atoms with E-state index in [0.29, 0.717) is 11.9 Å². The molecule has 4 aliphatic heterocycles. The fourth-order valence-corrected chi connectivity index (χ4v) is 5.97. The Morgan fingerprint density at radius 3 is 2.12 bits per heavy atom. The highest BCUT2D eigenvalue weighted by atomic mass is 35.5. The zero-order valence-electron chi connectivity index (χ0n) is 14.4. The van der Waals surface area contributed by atoms with E-state index in [-0.39, 0.29) is 10.8 Å². The highest BCUT2D eigenvalue weighted by Gasteiger charge is 2.70. The number of piperidine rings is 2. The molecule has 4 fully saturated rings. The van der Waals surface area contributed by atoms with Gasteiger partial charge in [0.05, 0.1) is 5.56 Å². The first-order chi connectivity index (χ1) is 12.0. The number of carbonyl (C=O) groups is 1. The van der Waals surface area contributed by atoms with Gasteiger partial charge in [-0.05, 0) is 36.8 Å². The molecule has 128 valence electrons. The van der Waals surface area contributed by atoms with E-state index < -0.39 is 0 Å². The first kappa shape index (κ1) is 15.6. The molecular weight excluding hydrogens is 332 g/mol. The number of ketones is 1. The Hall–Kier alpha value is -1.68. The second kappa shape index (κ2) is 5.16. The molecule has 0 aromatic heterocycles. The molecule has 0 amide bonds. The predicted molar refractivity (Wildman–Crippen MR) is 96.8 cm³/mol. The van der Waals surface area contributed by atoms with Crippen molar-refractivity contribution in [3.8, 4) is 0 Å². The molecule has 4 aliphatic rings. The fourth-order valence-electron chi connectivity index (χ4n) is 5.84. The lowest BCUT2D eigenvalue weighted by Gasteiger charge is -2.59. The van der Waals surface area contributed by atoms with Gasteiger partial charge in [0.25, 0.3) is 0 Å². The van der Waals surface area contributed by atoms with E-state index >= 15 is 0 Å². The zero-order chi connectivity index (χ0) is 17.2. The third-order valence-corrected chi connectivity index (χ3v) is 6.87. The molecule has 4 saturated heterocycles. The molecule has 4 bridgehead atoms. The van der Waals surface area contributed by atoms with Gasteiger partial charge in [0.2, 0.25) is 6.17 Å². The third kappa shape index (κ3) is 2.10. The van der Waals surface area contributed by atoms with Crippen molar-refractivity contribution in [3.63, 3.8) is 0 Å². The number of rotatable bonds is 2. The summed E-state index contributed by atoms with van der Waals surface area (Å²) in [5.41, 5.74) is 2.02. The van der Waals surface area contributed by atoms with Crippen LogP contribution in [0, 0.1) is 5.41 Å². The van der Waals surface area contributed by atoms with Gasteiger partial charge in [-0.2, -0.15) is 0 Å². The van der Waals surface area contributed by atoms with Crippen LogP contribution in [-0.2, 0) is 10.2 Å². The molecule has 2 aromatic carbocycles. The maximum atomic E-state index is 13.5. The van der Waals surface area contributed by atoms with Crippen LogP contribution < -0.4 is 9.80 Å². The van der Waals surface area contributed by atoms with E-state index in [1.54, 1.807) is 9.80 Å². The average Bonchev–Trinajstić information content (AvgIpc) is 2.60. The van der Waals surface area contributed by atoms with Crippen molar-refractivity contribution >= 4 is 17.4 Å². The second-order valence-corrected chi connectivity index (χ2v) is 8.78. The number of quaternary nitrogens is 2. The molecule has 3 nitrogen and oxygen atoms in total. The van der Waals surface area contributed by atoms with Crippen molar-refractivity contribution in [1.82, 2.24) is 0 Å². The molecule has 4 heteroatoms. The van der Waals surface area contributed by atoms with Gasteiger partial charge in [0, 0.05) is 5.02 Å². The molecule has 2 atom stereocenters. The van der Waals surface area contributed by atoms with E-state index in [1.165, 1.54) is 11.1 Å². The van der Waals surface area contributed by atoms with Crippen LogP contribution in [0.2, 0.25) is 5.02 Å². The number of nitrogens with one attached hydrogen (secondary N) is 2. The van der Waals surface area contributed by atoms with Crippen molar-refractivity contribution in [1.29, 1.82) is 0 Å². The van der Waals surface area contributed by atoms with E-state index in [9.17, 15) is 4.79 Å². The Kier molecular flexibility index (Phi) is 3.22. The summed E-state index contributed by atoms with van der Waals surface area (Å²) in [4.78, 5) is 16.5. The molecule has 0 radical (unpaired) electrons. The number of Topliss-reactive ketones (excluding diaryl/α,β-unsaturated/α-hetero) is 1. The number of halogens is 1. The lowest BCUT2D eigenvalue weighted by Crippen LogP contribution is -3.41. The monoisotopic (exact) mass is 354 g/mol. The maximum absolute atomic E-state index is 13.5. The quantitative estimate of drug-likeness (QED) is 0.814. The zero-order valence-corrected chi connectivity index (χ0v) is 15.1. The summed E-state index contributed by atoms with van der Waals surface area (Å²) < 4.78 is 0. The predicted octanol–water partition coefficient (Wildman–Crippen LogP) is 0.663. The fraction of sp³-hybridized carbons (Fsp3) is 0.381. The van der Waals surface area contributed by atoms with Gasteiger partial charge in [-0.3, -0.25) is 14.6 Å². The van der Waals surface area contributed by atoms with E-state index in [1.807, 2.05) is 18.2 Å². The van der Waals surface area contributed by atoms with Crippen molar-refractivity contribution in [2.75, 3.05) is 26.2 Å². The Balaban J connectivity index is 1.59. The lowest BCUT2D eigenvalue weighted by molar-refractivity contribution is -1.18. The summed E-state index contributed by atoms with van der Waals surface area (Å²) in [6.07, 6.45) is 0.412. The minimum absolute atomic E-state index is 0.208. The van der Waals surface area contributed by atoms with Crippen LogP contribution in [0.1, 0.15) is 24.2 Å². The van der Waals surface area contributed by atoms with E-state index in [2.05, 4.69) is 43.3 Å². The summed E-state index contributed by atoms with van der Waals surface area (Å²) >= 11 is 6.09. The normalized spacial score (nSPS) is 39.0. The number of benzene rings is 2. The summed E-state index contributed by atoms with van der Waals surface area (Å²) in [6, 6.07) is 18.8. The van der Waals surface area contributed by atoms with E-state index in [4.69, 9.17) is 11.6 Å². The lowest BCUT2D eigenvalue weighted by atomic mass is 9.58. The van der Waals surface area contributed by atoms with Crippen LogP contribution >= 0.6 is 11.6 Å². The molecular formula is C21H23ClN2O+2. The number of carbonyl (C=O) groups excluding carboxylic acids is 1. The summed E-state index contributed by atoms with van der Waals surface area (Å²) in [5, 5.41) is 0.783. The Morgan fingerprint density at radius 2 is 1.52 bits per heavy atom. The molecule has 0 spiro atoms. The van der Waals surface area contributed by atoms with Gasteiger partial charge < -0.3 is 0 Å². The third-order valence-electron chi connectivity index (χ3n) is 6.62. The smallest absolute Gasteiger partial charge is 0.240 e. The largest absolute Gasteiger partial charge is 0.297 e. The van der Waals surface area contributed by atoms with Crippen LogP contribution in [0.3, 0.4) is 0 Å². The molecule has 25 heavy (non-hydrogen) atoms. The Labute approximate surface area is 153 Å². The summed E-state index contributed by atoms with van der Waals surface area (Å²) in [7, 11) is 0. The molecule has 2 N–H and O–H groups in total. The van der Waals surface area contributed by atoms with Gasteiger partial charge in [-0.15, -0.1) is 0 Å². The van der Waals surface area contributed by atoms with E-state index in [0.717, 1.165) is 31.2 Å². The van der Waals surface area contributed by atoms with Gasteiger partial charge >= 0.3 is 0 Å². The summed E-state index contributed by atoms with van der Waals surface area (Å²) in [6.45, 7) is 5.88. The highest BCUT2D eigenvalue weighted by Crippen LogP contribution is 2.39. The van der Waals surface area contributed by atoms with Crippen molar-refractivity contribution < 1.29 is 14.6 Å². The summed E-state index contributed by atoms with van der Waals surface area (Å²) in [5.74, 6) is 0.466. The molecule has 4 heterocycles. The minimum atomic E-state index is -0.319. The Morgan fingerprint density at radius 1 is 0.920 bits per heavy atom. The van der Waals surface area contributed by atoms with Crippen molar-refractivity contribution in [2.45, 2.75) is 18.5 Å². The SMILES string of the molecule is CC12C[NH+]3CC(c4ccccc4)(C[NH+](C1)C3c1ccc(Cl)cc1)C2=O. The van der Waals surface area contributed by atoms with Gasteiger partial charge in [0.1, 0.15) is 31.6 Å². The molecule has 6 rings (SSSR count). The molecule has 0 aliphatic carbocycles. The highest BCUT2D eigenvalue weighted by molar-refractivity contribution is 6.30. The number of hydrogen-bond acceptors (Lipinski definition) is 1. The van der Waals surface area contributed by atoms with Gasteiger partial charge in [0.15, 0.2) is 11.2 Å². The van der Waals surface area contributed by atoms with Crippen LogP contribution in [-0.4, -0.2) is 32.0 Å². The van der Waals surface area contributed by atoms with Crippen LogP contribution in [0.5, 0.6) is 0 Å². The average molecular weight is 355 g/mol. The second-order valence-electron chi connectivity index (χ2n) is 8.35. The first-order valence-electron chi connectivity index (χ1n) is 9.07. The Bertz CT molecular complexity index is 817. The standard InChI is InChI=1S/C21H21ClN2O/c1-20-11-23-13-21(19(20)25,16-5-3-2-4-6-16)14-24(12-20)18(23)15-7-9-17(22)10-8-15/h2-10,18H,11-14H2,1H3/p+2. The van der Waals surface area contributed by atoms with Crippen LogP contribution in [0.15, 0.2) is 54.6 Å². The molecule has 2 aromatic rings. The van der Waals surface area contributed by atoms with Gasteiger partial charge in [-0.1, -0.05) is 41.9 Å². The van der Waals surface area contributed by atoms with Crippen LogP contribution in [0.4, 0.5) is 0 Å².